The van der Waals surface area contributed by atoms with Gasteiger partial charge in [-0.15, -0.1) is 10.2 Å². The number of hydrogen-bond acceptors (Lipinski definition) is 6. The summed E-state index contributed by atoms with van der Waals surface area (Å²) in [5.41, 5.74) is 1.39. The maximum atomic E-state index is 12.4. The molecular weight excluding hydrogens is 446 g/mol. The monoisotopic (exact) mass is 461 g/mol. The largest absolute Gasteiger partial charge is 0.325 e. The maximum absolute atomic E-state index is 12.4. The number of nitrogens with zero attached hydrogens (tertiary/aromatic N) is 4. The van der Waals surface area contributed by atoms with Crippen molar-refractivity contribution in [1.82, 2.24) is 14.8 Å². The Balaban J connectivity index is 1.67. The van der Waals surface area contributed by atoms with Crippen LogP contribution in [0.25, 0.3) is 11.4 Å². The Labute approximate surface area is 173 Å². The van der Waals surface area contributed by atoms with Crippen molar-refractivity contribution in [3.05, 3.63) is 63.1 Å². The highest BCUT2D eigenvalue weighted by Crippen LogP contribution is 2.27. The van der Waals surface area contributed by atoms with Crippen LogP contribution in [0.1, 0.15) is 6.92 Å². The maximum Gasteiger partial charge on any atom is 0.269 e. The van der Waals surface area contributed by atoms with Crippen LogP contribution >= 0.6 is 27.7 Å². The summed E-state index contributed by atoms with van der Waals surface area (Å²) >= 11 is 4.69. The Hall–Kier alpha value is -2.72. The second-order valence-electron chi connectivity index (χ2n) is 5.93. The molecule has 1 N–H and O–H groups in total. The fourth-order valence-corrected chi connectivity index (χ4v) is 3.47. The number of amides is 1. The molecule has 1 heterocycles. The molecule has 3 rings (SSSR count). The molecule has 0 saturated carbocycles. The Morgan fingerprint density at radius 1 is 1.18 bits per heavy atom. The van der Waals surface area contributed by atoms with Gasteiger partial charge in [-0.3, -0.25) is 14.9 Å². The topological polar surface area (TPSA) is 103 Å². The van der Waals surface area contributed by atoms with Crippen molar-refractivity contribution < 1.29 is 9.72 Å². The highest BCUT2D eigenvalue weighted by Gasteiger charge is 2.20. The van der Waals surface area contributed by atoms with E-state index in [0.717, 1.165) is 10.0 Å². The van der Waals surface area contributed by atoms with E-state index in [1.807, 2.05) is 35.9 Å². The molecule has 0 aliphatic carbocycles. The van der Waals surface area contributed by atoms with E-state index in [1.54, 1.807) is 6.92 Å². The van der Waals surface area contributed by atoms with E-state index in [1.165, 1.54) is 36.0 Å². The Morgan fingerprint density at radius 2 is 1.82 bits per heavy atom. The van der Waals surface area contributed by atoms with Gasteiger partial charge < -0.3 is 9.88 Å². The predicted molar refractivity (Wildman–Crippen MR) is 111 cm³/mol. The number of aromatic nitrogens is 3. The minimum atomic E-state index is -0.485. The number of carbonyl (C=O) groups is 1. The van der Waals surface area contributed by atoms with Crippen LogP contribution in [0.4, 0.5) is 11.4 Å². The molecule has 0 bridgehead atoms. The fourth-order valence-electron chi connectivity index (χ4n) is 2.39. The lowest BCUT2D eigenvalue weighted by molar-refractivity contribution is -0.384. The van der Waals surface area contributed by atoms with Gasteiger partial charge in [-0.25, -0.2) is 0 Å². The molecule has 10 heteroatoms. The van der Waals surface area contributed by atoms with Gasteiger partial charge in [0.15, 0.2) is 11.0 Å². The van der Waals surface area contributed by atoms with Gasteiger partial charge in [0.05, 0.1) is 10.2 Å². The first-order valence-corrected chi connectivity index (χ1v) is 9.89. The molecule has 3 aromatic rings. The summed E-state index contributed by atoms with van der Waals surface area (Å²) in [5, 5.41) is 22.0. The average Bonchev–Trinajstić information content (AvgIpc) is 3.03. The van der Waals surface area contributed by atoms with E-state index in [-0.39, 0.29) is 11.6 Å². The molecule has 0 aliphatic rings. The normalized spacial score (nSPS) is 11.8. The number of nitro groups is 1. The molecule has 0 aliphatic heterocycles. The molecule has 0 spiro atoms. The molecule has 1 atom stereocenters. The van der Waals surface area contributed by atoms with E-state index >= 15 is 0 Å². The van der Waals surface area contributed by atoms with Crippen LogP contribution in [-0.4, -0.2) is 30.8 Å². The molecule has 144 valence electrons. The van der Waals surface area contributed by atoms with Gasteiger partial charge in [0, 0.05) is 34.9 Å². The molecule has 1 aromatic heterocycles. The Kier molecular flexibility index (Phi) is 6.10. The van der Waals surface area contributed by atoms with Crippen molar-refractivity contribution in [1.29, 1.82) is 0 Å². The molecule has 0 saturated heterocycles. The number of anilines is 1. The van der Waals surface area contributed by atoms with E-state index in [9.17, 15) is 14.9 Å². The number of non-ortho nitro benzene ring substituents is 1. The third-order valence-corrected chi connectivity index (χ3v) is 5.60. The van der Waals surface area contributed by atoms with E-state index < -0.39 is 10.2 Å². The lowest BCUT2D eigenvalue weighted by Gasteiger charge is -2.11. The first kappa shape index (κ1) is 20.0. The van der Waals surface area contributed by atoms with Crippen molar-refractivity contribution >= 4 is 45.0 Å². The summed E-state index contributed by atoms with van der Waals surface area (Å²) < 4.78 is 2.81. The van der Waals surface area contributed by atoms with Crippen molar-refractivity contribution in [2.75, 3.05) is 5.32 Å². The van der Waals surface area contributed by atoms with Crippen LogP contribution in [0, 0.1) is 10.1 Å². The summed E-state index contributed by atoms with van der Waals surface area (Å²) in [6, 6.07) is 13.4. The molecule has 0 fully saturated rings. The third-order valence-electron chi connectivity index (χ3n) is 3.93. The third kappa shape index (κ3) is 4.57. The summed E-state index contributed by atoms with van der Waals surface area (Å²) in [7, 11) is 1.85. The van der Waals surface area contributed by atoms with Crippen molar-refractivity contribution in [2.45, 2.75) is 17.3 Å². The number of hydrogen-bond donors (Lipinski definition) is 1. The van der Waals surface area contributed by atoms with Crippen LogP contribution in [-0.2, 0) is 11.8 Å². The van der Waals surface area contributed by atoms with Crippen molar-refractivity contribution in [3.8, 4) is 11.4 Å². The standard InChI is InChI=1S/C18H16BrN5O3S/c1-11(17(25)20-14-7-9-15(10-8-14)24(26)27)28-18-22-21-16(23(18)2)12-3-5-13(19)6-4-12/h3-11H,1-2H3,(H,20,25). The average molecular weight is 462 g/mol. The van der Waals surface area contributed by atoms with Gasteiger partial charge in [-0.1, -0.05) is 39.8 Å². The molecule has 8 nitrogen and oxygen atoms in total. The molecule has 2 aromatic carbocycles. The zero-order valence-electron chi connectivity index (χ0n) is 15.0. The van der Waals surface area contributed by atoms with Crippen molar-refractivity contribution in [3.63, 3.8) is 0 Å². The summed E-state index contributed by atoms with van der Waals surface area (Å²) in [4.78, 5) is 22.6. The number of nitrogens with one attached hydrogen (secondary N) is 1. The summed E-state index contributed by atoms with van der Waals surface area (Å²) in [5.74, 6) is 0.477. The zero-order chi connectivity index (χ0) is 20.3. The Morgan fingerprint density at radius 3 is 2.43 bits per heavy atom. The minimum Gasteiger partial charge on any atom is -0.325 e. The number of carbonyl (C=O) groups excluding carboxylic acids is 1. The van der Waals surface area contributed by atoms with Crippen LogP contribution in [0.2, 0.25) is 0 Å². The second-order valence-corrected chi connectivity index (χ2v) is 8.15. The molecule has 0 radical (unpaired) electrons. The van der Waals surface area contributed by atoms with Gasteiger partial charge in [0.1, 0.15) is 0 Å². The van der Waals surface area contributed by atoms with E-state index in [2.05, 4.69) is 31.4 Å². The van der Waals surface area contributed by atoms with Gasteiger partial charge in [-0.2, -0.15) is 0 Å². The van der Waals surface area contributed by atoms with E-state index in [4.69, 9.17) is 0 Å². The second kappa shape index (κ2) is 8.53. The fraction of sp³-hybridized carbons (Fsp3) is 0.167. The van der Waals surface area contributed by atoms with Gasteiger partial charge >= 0.3 is 0 Å². The molecule has 1 unspecified atom stereocenters. The number of nitro benzene ring substituents is 1. The minimum absolute atomic E-state index is 0.0278. The SMILES string of the molecule is CC(Sc1nnc(-c2ccc(Br)cc2)n1C)C(=O)Nc1ccc([N+](=O)[O-])cc1. The summed E-state index contributed by atoms with van der Waals surface area (Å²) in [6.07, 6.45) is 0. The van der Waals surface area contributed by atoms with E-state index in [0.29, 0.717) is 16.7 Å². The van der Waals surface area contributed by atoms with Crippen molar-refractivity contribution in [2.24, 2.45) is 7.05 Å². The molecule has 28 heavy (non-hydrogen) atoms. The van der Waals surface area contributed by atoms with Crippen LogP contribution < -0.4 is 5.32 Å². The highest BCUT2D eigenvalue weighted by atomic mass is 79.9. The number of rotatable bonds is 6. The number of benzene rings is 2. The van der Waals surface area contributed by atoms with Gasteiger partial charge in [0.2, 0.25) is 5.91 Å². The highest BCUT2D eigenvalue weighted by molar-refractivity contribution is 9.10. The van der Waals surface area contributed by atoms with Crippen LogP contribution in [0.15, 0.2) is 58.2 Å². The number of thioether (sulfide) groups is 1. The quantitative estimate of drug-likeness (QED) is 0.333. The molecule has 1 amide bonds. The summed E-state index contributed by atoms with van der Waals surface area (Å²) in [6.45, 7) is 1.76. The molecular formula is C18H16BrN5O3S. The van der Waals surface area contributed by atoms with Gasteiger partial charge in [-0.05, 0) is 31.2 Å². The smallest absolute Gasteiger partial charge is 0.269 e. The number of halogens is 1. The first-order chi connectivity index (χ1) is 13.3. The van der Waals surface area contributed by atoms with Crippen LogP contribution in [0.5, 0.6) is 0 Å². The predicted octanol–water partition coefficient (Wildman–Crippen LogP) is 4.27. The van der Waals surface area contributed by atoms with Gasteiger partial charge in [0.25, 0.3) is 5.69 Å². The lowest BCUT2D eigenvalue weighted by Crippen LogP contribution is -2.22. The first-order valence-electron chi connectivity index (χ1n) is 8.22. The Bertz CT molecular complexity index is 1010. The zero-order valence-corrected chi connectivity index (χ0v) is 17.4. The van der Waals surface area contributed by atoms with Crippen LogP contribution in [0.3, 0.4) is 0 Å². The lowest BCUT2D eigenvalue weighted by atomic mass is 10.2.